The normalized spacial score (nSPS) is 14.4. The molecule has 0 radical (unpaired) electrons. The lowest BCUT2D eigenvalue weighted by Crippen LogP contribution is -2.04. The van der Waals surface area contributed by atoms with Gasteiger partial charge in [0.15, 0.2) is 0 Å². The van der Waals surface area contributed by atoms with Gasteiger partial charge in [0.2, 0.25) is 0 Å². The van der Waals surface area contributed by atoms with E-state index in [9.17, 15) is 0 Å². The van der Waals surface area contributed by atoms with E-state index >= 15 is 0 Å². The molecule has 0 unspecified atom stereocenters. The van der Waals surface area contributed by atoms with E-state index in [1.54, 1.807) is 7.11 Å². The molecule has 1 aromatic heterocycles. The zero-order chi connectivity index (χ0) is 13.4. The lowest BCUT2D eigenvalue weighted by molar-refractivity contribution is 0.415. The minimum atomic E-state index is 0.500. The third-order valence-corrected chi connectivity index (χ3v) is 3.51. The van der Waals surface area contributed by atoms with Gasteiger partial charge in [0.25, 0.3) is 0 Å². The largest absolute Gasteiger partial charge is 0.497 e. The van der Waals surface area contributed by atoms with Crippen molar-refractivity contribution in [1.82, 2.24) is 9.97 Å². The molecule has 3 rings (SSSR count). The van der Waals surface area contributed by atoms with Gasteiger partial charge in [0, 0.05) is 17.0 Å². The molecule has 0 amide bonds. The molecule has 0 bridgehead atoms. The quantitative estimate of drug-likeness (QED) is 0.916. The SMILES string of the molecule is COc1ccc(-c2nc(C3CC3)nc(N)c2C)cc1. The summed E-state index contributed by atoms with van der Waals surface area (Å²) in [5, 5.41) is 0. The molecule has 1 aliphatic carbocycles. The molecule has 1 aromatic carbocycles. The molecule has 2 aromatic rings. The van der Waals surface area contributed by atoms with Crippen LogP contribution in [0.5, 0.6) is 5.75 Å². The summed E-state index contributed by atoms with van der Waals surface area (Å²) in [6, 6.07) is 7.88. The monoisotopic (exact) mass is 255 g/mol. The molecular formula is C15H17N3O. The van der Waals surface area contributed by atoms with Crippen LogP contribution in [0.1, 0.15) is 30.1 Å². The van der Waals surface area contributed by atoms with Crippen molar-refractivity contribution >= 4 is 5.82 Å². The molecule has 1 aliphatic rings. The zero-order valence-corrected chi connectivity index (χ0v) is 11.2. The molecule has 0 aliphatic heterocycles. The van der Waals surface area contributed by atoms with Gasteiger partial charge in [-0.15, -0.1) is 0 Å². The maximum atomic E-state index is 6.00. The molecule has 2 N–H and O–H groups in total. The molecule has 0 atom stereocenters. The number of ether oxygens (including phenoxy) is 1. The van der Waals surface area contributed by atoms with Gasteiger partial charge in [-0.25, -0.2) is 9.97 Å². The van der Waals surface area contributed by atoms with Crippen molar-refractivity contribution in [2.45, 2.75) is 25.7 Å². The van der Waals surface area contributed by atoms with Crippen LogP contribution in [-0.4, -0.2) is 17.1 Å². The smallest absolute Gasteiger partial charge is 0.134 e. The molecule has 0 saturated heterocycles. The van der Waals surface area contributed by atoms with Gasteiger partial charge < -0.3 is 10.5 Å². The van der Waals surface area contributed by atoms with E-state index in [0.29, 0.717) is 11.7 Å². The first kappa shape index (κ1) is 12.0. The maximum absolute atomic E-state index is 6.00. The summed E-state index contributed by atoms with van der Waals surface area (Å²) >= 11 is 0. The topological polar surface area (TPSA) is 61.0 Å². The molecule has 19 heavy (non-hydrogen) atoms. The highest BCUT2D eigenvalue weighted by molar-refractivity contribution is 5.68. The van der Waals surface area contributed by atoms with Crippen LogP contribution in [0.2, 0.25) is 0 Å². The predicted molar refractivity (Wildman–Crippen MR) is 75.1 cm³/mol. The fourth-order valence-electron chi connectivity index (χ4n) is 2.11. The predicted octanol–water partition coefficient (Wildman–Crippen LogP) is 2.92. The zero-order valence-electron chi connectivity index (χ0n) is 11.2. The minimum Gasteiger partial charge on any atom is -0.497 e. The van der Waals surface area contributed by atoms with Gasteiger partial charge in [0.05, 0.1) is 12.8 Å². The number of rotatable bonds is 3. The van der Waals surface area contributed by atoms with Crippen LogP contribution in [0, 0.1) is 6.92 Å². The average molecular weight is 255 g/mol. The number of anilines is 1. The van der Waals surface area contributed by atoms with E-state index in [0.717, 1.165) is 28.4 Å². The number of methoxy groups -OCH3 is 1. The van der Waals surface area contributed by atoms with Crippen LogP contribution < -0.4 is 10.5 Å². The summed E-state index contributed by atoms with van der Waals surface area (Å²) in [5.74, 6) is 2.81. The average Bonchev–Trinajstić information content (AvgIpc) is 3.26. The summed E-state index contributed by atoms with van der Waals surface area (Å²) in [6.45, 7) is 1.96. The van der Waals surface area contributed by atoms with Crippen molar-refractivity contribution in [3.05, 3.63) is 35.7 Å². The third-order valence-electron chi connectivity index (χ3n) is 3.51. The van der Waals surface area contributed by atoms with Crippen molar-refractivity contribution in [3.63, 3.8) is 0 Å². The van der Waals surface area contributed by atoms with Crippen LogP contribution in [0.15, 0.2) is 24.3 Å². The Labute approximate surface area is 112 Å². The molecule has 1 heterocycles. The Hall–Kier alpha value is -2.10. The standard InChI is InChI=1S/C15H17N3O/c1-9-13(10-5-7-12(19-2)8-6-10)17-15(11-3-4-11)18-14(9)16/h5-8,11H,3-4H2,1-2H3,(H2,16,17,18). The first-order valence-corrected chi connectivity index (χ1v) is 6.47. The number of nitrogen functional groups attached to an aromatic ring is 1. The first-order chi connectivity index (χ1) is 9.19. The fourth-order valence-corrected chi connectivity index (χ4v) is 2.11. The minimum absolute atomic E-state index is 0.500. The highest BCUT2D eigenvalue weighted by Gasteiger charge is 2.28. The van der Waals surface area contributed by atoms with Crippen LogP contribution in [0.3, 0.4) is 0 Å². The van der Waals surface area contributed by atoms with Crippen LogP contribution >= 0.6 is 0 Å². The van der Waals surface area contributed by atoms with Gasteiger partial charge in [-0.05, 0) is 44.0 Å². The van der Waals surface area contributed by atoms with Gasteiger partial charge in [-0.2, -0.15) is 0 Å². The number of nitrogens with zero attached hydrogens (tertiary/aromatic N) is 2. The molecule has 4 nitrogen and oxygen atoms in total. The second-order valence-electron chi connectivity index (χ2n) is 4.94. The van der Waals surface area contributed by atoms with E-state index in [1.807, 2.05) is 31.2 Å². The molecule has 1 fully saturated rings. The van der Waals surface area contributed by atoms with Gasteiger partial charge in [-0.3, -0.25) is 0 Å². The lowest BCUT2D eigenvalue weighted by Gasteiger charge is -2.10. The van der Waals surface area contributed by atoms with Crippen molar-refractivity contribution in [2.75, 3.05) is 12.8 Å². The highest BCUT2D eigenvalue weighted by atomic mass is 16.5. The lowest BCUT2D eigenvalue weighted by atomic mass is 10.1. The van der Waals surface area contributed by atoms with Crippen molar-refractivity contribution in [2.24, 2.45) is 0 Å². The number of hydrogen-bond acceptors (Lipinski definition) is 4. The van der Waals surface area contributed by atoms with Gasteiger partial charge >= 0.3 is 0 Å². The second-order valence-corrected chi connectivity index (χ2v) is 4.94. The van der Waals surface area contributed by atoms with E-state index in [1.165, 1.54) is 12.8 Å². The summed E-state index contributed by atoms with van der Waals surface area (Å²) in [5.41, 5.74) is 8.92. The first-order valence-electron chi connectivity index (χ1n) is 6.47. The van der Waals surface area contributed by atoms with Crippen molar-refractivity contribution in [1.29, 1.82) is 0 Å². The Morgan fingerprint density at radius 3 is 2.42 bits per heavy atom. The van der Waals surface area contributed by atoms with Crippen LogP contribution in [0.4, 0.5) is 5.82 Å². The van der Waals surface area contributed by atoms with E-state index in [4.69, 9.17) is 10.5 Å². The van der Waals surface area contributed by atoms with Crippen molar-refractivity contribution in [3.8, 4) is 17.0 Å². The summed E-state index contributed by atoms with van der Waals surface area (Å²) in [6.07, 6.45) is 2.34. The second kappa shape index (κ2) is 4.53. The Morgan fingerprint density at radius 1 is 1.16 bits per heavy atom. The van der Waals surface area contributed by atoms with Gasteiger partial charge in [0.1, 0.15) is 17.4 Å². The molecule has 4 heteroatoms. The highest BCUT2D eigenvalue weighted by Crippen LogP contribution is 2.39. The summed E-state index contributed by atoms with van der Waals surface area (Å²) < 4.78 is 5.17. The Morgan fingerprint density at radius 2 is 1.84 bits per heavy atom. The number of hydrogen-bond donors (Lipinski definition) is 1. The Balaban J connectivity index is 2.06. The fraction of sp³-hybridized carbons (Fsp3) is 0.333. The number of benzene rings is 1. The van der Waals surface area contributed by atoms with E-state index < -0.39 is 0 Å². The summed E-state index contributed by atoms with van der Waals surface area (Å²) in [4.78, 5) is 9.09. The van der Waals surface area contributed by atoms with Gasteiger partial charge in [-0.1, -0.05) is 0 Å². The molecule has 98 valence electrons. The van der Waals surface area contributed by atoms with E-state index in [2.05, 4.69) is 9.97 Å². The van der Waals surface area contributed by atoms with Crippen LogP contribution in [0.25, 0.3) is 11.3 Å². The third kappa shape index (κ3) is 2.26. The molecule has 0 spiro atoms. The van der Waals surface area contributed by atoms with Crippen molar-refractivity contribution < 1.29 is 4.74 Å². The Kier molecular flexibility index (Phi) is 2.85. The molecular weight excluding hydrogens is 238 g/mol. The van der Waals surface area contributed by atoms with E-state index in [-0.39, 0.29) is 0 Å². The Bertz CT molecular complexity index is 604. The number of aromatic nitrogens is 2. The summed E-state index contributed by atoms with van der Waals surface area (Å²) in [7, 11) is 1.66. The molecule has 1 saturated carbocycles. The number of nitrogens with two attached hydrogens (primary N) is 1. The van der Waals surface area contributed by atoms with Crippen LogP contribution in [-0.2, 0) is 0 Å². The maximum Gasteiger partial charge on any atom is 0.134 e.